The third kappa shape index (κ3) is 5.03. The van der Waals surface area contributed by atoms with Crippen molar-refractivity contribution in [2.45, 2.75) is 69.4 Å². The highest BCUT2D eigenvalue weighted by molar-refractivity contribution is 6.34. The van der Waals surface area contributed by atoms with Gasteiger partial charge in [0.05, 0.1) is 23.8 Å². The topological polar surface area (TPSA) is 199 Å². The number of nitrogens with one attached hydrogen (secondary N) is 1. The van der Waals surface area contributed by atoms with Gasteiger partial charge in [0, 0.05) is 29.3 Å². The first-order chi connectivity index (χ1) is 20.6. The molecule has 3 aliphatic rings. The summed E-state index contributed by atoms with van der Waals surface area (Å²) in [5.74, 6) is -1.36. The zero-order valence-electron chi connectivity index (χ0n) is 23.4. The first-order valence-electron chi connectivity index (χ1n) is 14.4. The molecule has 43 heavy (non-hydrogen) atoms. The number of phenolic OH excluding ortho intramolecular Hbond substituents is 1. The number of anilines is 1. The summed E-state index contributed by atoms with van der Waals surface area (Å²) >= 11 is 0. The number of carbonyl (C=O) groups excluding carboxylic acids is 2. The Morgan fingerprint density at radius 2 is 1.74 bits per heavy atom. The minimum Gasteiger partial charge on any atom is -0.507 e. The molecule has 1 saturated carbocycles. The van der Waals surface area contributed by atoms with E-state index < -0.39 is 55.0 Å². The molecule has 2 aliphatic carbocycles. The van der Waals surface area contributed by atoms with E-state index in [1.807, 2.05) is 0 Å². The first kappa shape index (κ1) is 29.4. The fraction of sp³-hybridized carbons (Fsp3) is 0.452. The number of carbonyl (C=O) groups is 2. The van der Waals surface area contributed by atoms with Gasteiger partial charge in [-0.1, -0.05) is 12.8 Å². The highest BCUT2D eigenvalue weighted by Crippen LogP contribution is 2.43. The van der Waals surface area contributed by atoms with Gasteiger partial charge in [-0.25, -0.2) is 4.98 Å². The van der Waals surface area contributed by atoms with Crippen LogP contribution < -0.4 is 10.1 Å². The lowest BCUT2D eigenvalue weighted by molar-refractivity contribution is -0.277. The van der Waals surface area contributed by atoms with E-state index in [4.69, 9.17) is 9.47 Å². The average Bonchev–Trinajstić information content (AvgIpc) is 3.53. The van der Waals surface area contributed by atoms with Gasteiger partial charge in [0.25, 0.3) is 0 Å². The second-order valence-corrected chi connectivity index (χ2v) is 11.6. The standard InChI is InChI=1S/C31H34N2O10/c1-13-8-17-22(18(35)9-13)27(39)24-20(42-31-29(41)28(40)26(38)21(12-34)43-31)10-16-15(23(24)25(17)37)6-7-32-30(16)33-11-19(36)14-4-2-3-5-14/h6-10,14,19,21,26,28-29,31,34-36,38,40-41H,2-5,11-12H2,1H3,(H,32,33)/t19-,21+,26+,28-,29+,31+/m0/s1. The van der Waals surface area contributed by atoms with Gasteiger partial charge in [0.15, 0.2) is 5.78 Å². The molecule has 228 valence electrons. The number of ketones is 2. The summed E-state index contributed by atoms with van der Waals surface area (Å²) in [7, 11) is 0. The fourth-order valence-electron chi connectivity index (χ4n) is 6.44. The summed E-state index contributed by atoms with van der Waals surface area (Å²) in [6.07, 6.45) is -3.25. The van der Waals surface area contributed by atoms with Crippen molar-refractivity contribution in [2.75, 3.05) is 18.5 Å². The largest absolute Gasteiger partial charge is 0.507 e. The number of ether oxygens (including phenoxy) is 2. The molecule has 3 aromatic rings. The van der Waals surface area contributed by atoms with E-state index >= 15 is 0 Å². The number of hydrogen-bond acceptors (Lipinski definition) is 12. The van der Waals surface area contributed by atoms with Crippen molar-refractivity contribution in [1.29, 1.82) is 0 Å². The van der Waals surface area contributed by atoms with Crippen molar-refractivity contribution in [3.05, 3.63) is 58.3 Å². The lowest BCUT2D eigenvalue weighted by atomic mass is 9.80. The van der Waals surface area contributed by atoms with Crippen molar-refractivity contribution >= 4 is 28.2 Å². The third-order valence-electron chi connectivity index (χ3n) is 8.73. The molecule has 0 radical (unpaired) electrons. The van der Waals surface area contributed by atoms with Crippen LogP contribution in [0.5, 0.6) is 11.5 Å². The normalized spacial score (nSPS) is 26.3. The van der Waals surface area contributed by atoms with E-state index in [1.54, 1.807) is 13.0 Å². The molecule has 6 atom stereocenters. The van der Waals surface area contributed by atoms with Crippen LogP contribution in [0.3, 0.4) is 0 Å². The van der Waals surface area contributed by atoms with Gasteiger partial charge in [-0.3, -0.25) is 9.59 Å². The SMILES string of the molecule is Cc1cc(O)c2c(c1)C(=O)c1c(c(O[C@@H]3O[C@H](CO)[C@@H](O)[C@H](O)[C@H]3O)cc3c(NC[C@H](O)C4CCCC4)nccc13)C2=O. The van der Waals surface area contributed by atoms with E-state index in [0.29, 0.717) is 22.2 Å². The number of aromatic hydroxyl groups is 1. The van der Waals surface area contributed by atoms with Crippen molar-refractivity contribution in [3.63, 3.8) is 0 Å². The number of hydrogen-bond donors (Lipinski definition) is 7. The molecule has 2 heterocycles. The second kappa shape index (κ2) is 11.5. The van der Waals surface area contributed by atoms with Crippen molar-refractivity contribution in [1.82, 2.24) is 4.98 Å². The minimum atomic E-state index is -1.78. The molecular weight excluding hydrogens is 560 g/mol. The number of phenols is 1. The number of fused-ring (bicyclic) bond motifs is 4. The maximum Gasteiger partial charge on any atom is 0.229 e. The van der Waals surface area contributed by atoms with Crippen LogP contribution in [0.15, 0.2) is 30.5 Å². The minimum absolute atomic E-state index is 0.0126. The van der Waals surface area contributed by atoms with Gasteiger partial charge in [-0.05, 0) is 60.9 Å². The van der Waals surface area contributed by atoms with Gasteiger partial charge < -0.3 is 45.4 Å². The number of pyridine rings is 1. The van der Waals surface area contributed by atoms with Gasteiger partial charge in [-0.15, -0.1) is 0 Å². The summed E-state index contributed by atoms with van der Waals surface area (Å²) in [4.78, 5) is 32.4. The fourth-order valence-corrected chi connectivity index (χ4v) is 6.44. The number of rotatable bonds is 7. The molecule has 0 spiro atoms. The smallest absolute Gasteiger partial charge is 0.229 e. The highest BCUT2D eigenvalue weighted by Gasteiger charge is 2.46. The number of aliphatic hydroxyl groups excluding tert-OH is 5. The Balaban J connectivity index is 1.49. The predicted molar refractivity (Wildman–Crippen MR) is 152 cm³/mol. The van der Waals surface area contributed by atoms with Crippen LogP contribution in [-0.4, -0.2) is 97.2 Å². The highest BCUT2D eigenvalue weighted by atomic mass is 16.7. The number of nitrogens with zero attached hydrogens (tertiary/aromatic N) is 1. The summed E-state index contributed by atoms with van der Waals surface area (Å²) < 4.78 is 11.5. The van der Waals surface area contributed by atoms with Crippen molar-refractivity contribution in [3.8, 4) is 11.5 Å². The predicted octanol–water partition coefficient (Wildman–Crippen LogP) is 1.17. The van der Waals surface area contributed by atoms with E-state index in [0.717, 1.165) is 25.7 Å². The second-order valence-electron chi connectivity index (χ2n) is 11.6. The zero-order valence-corrected chi connectivity index (χ0v) is 23.4. The summed E-state index contributed by atoms with van der Waals surface area (Å²) in [6.45, 7) is 1.19. The van der Waals surface area contributed by atoms with E-state index in [-0.39, 0.29) is 46.2 Å². The lowest BCUT2D eigenvalue weighted by Gasteiger charge is -2.40. The van der Waals surface area contributed by atoms with Crippen LogP contribution in [0.4, 0.5) is 5.82 Å². The lowest BCUT2D eigenvalue weighted by Crippen LogP contribution is -2.60. The molecule has 7 N–H and O–H groups in total. The van der Waals surface area contributed by atoms with E-state index in [1.165, 1.54) is 24.4 Å². The number of aromatic nitrogens is 1. The molecule has 1 aromatic heterocycles. The Morgan fingerprint density at radius 1 is 1.00 bits per heavy atom. The van der Waals surface area contributed by atoms with Gasteiger partial charge in [0.2, 0.25) is 12.1 Å². The zero-order chi connectivity index (χ0) is 30.6. The molecule has 2 fully saturated rings. The summed E-state index contributed by atoms with van der Waals surface area (Å²) in [5, 5.41) is 66.2. The Bertz CT molecular complexity index is 1580. The molecule has 12 heteroatoms. The Labute approximate surface area is 246 Å². The van der Waals surface area contributed by atoms with Crippen LogP contribution in [-0.2, 0) is 4.74 Å². The average molecular weight is 595 g/mol. The third-order valence-corrected chi connectivity index (χ3v) is 8.73. The molecule has 1 saturated heterocycles. The van der Waals surface area contributed by atoms with Gasteiger partial charge >= 0.3 is 0 Å². The van der Waals surface area contributed by atoms with Crippen LogP contribution in [0, 0.1) is 12.8 Å². The van der Waals surface area contributed by atoms with Crippen molar-refractivity contribution in [2.24, 2.45) is 5.92 Å². The molecule has 0 bridgehead atoms. The van der Waals surface area contributed by atoms with E-state index in [9.17, 15) is 40.2 Å². The molecular formula is C31H34N2O10. The quantitative estimate of drug-likeness (QED) is 0.161. The van der Waals surface area contributed by atoms with Crippen LogP contribution >= 0.6 is 0 Å². The number of aryl methyl sites for hydroxylation is 1. The number of benzene rings is 2. The maximum absolute atomic E-state index is 14.0. The Hall–Kier alpha value is -3.65. The number of aliphatic hydroxyl groups is 5. The monoisotopic (exact) mass is 594 g/mol. The molecule has 12 nitrogen and oxygen atoms in total. The molecule has 1 aliphatic heterocycles. The van der Waals surface area contributed by atoms with Gasteiger partial charge in [0.1, 0.15) is 41.7 Å². The summed E-state index contributed by atoms with van der Waals surface area (Å²) in [6, 6.07) is 5.91. The molecule has 0 amide bonds. The first-order valence-corrected chi connectivity index (χ1v) is 14.4. The van der Waals surface area contributed by atoms with Crippen molar-refractivity contribution < 1.29 is 49.7 Å². The van der Waals surface area contributed by atoms with Crippen LogP contribution in [0.2, 0.25) is 0 Å². The molecule has 0 unspecified atom stereocenters. The Kier molecular flexibility index (Phi) is 7.84. The maximum atomic E-state index is 14.0. The molecule has 6 rings (SSSR count). The van der Waals surface area contributed by atoms with Gasteiger partial charge in [-0.2, -0.15) is 0 Å². The Morgan fingerprint density at radius 3 is 2.47 bits per heavy atom. The summed E-state index contributed by atoms with van der Waals surface area (Å²) in [5.41, 5.74) is 0.187. The van der Waals surface area contributed by atoms with Crippen LogP contribution in [0.1, 0.15) is 63.1 Å². The van der Waals surface area contributed by atoms with E-state index in [2.05, 4.69) is 10.3 Å². The van der Waals surface area contributed by atoms with Crippen LogP contribution in [0.25, 0.3) is 10.8 Å². The molecule has 2 aromatic carbocycles.